The Morgan fingerprint density at radius 2 is 1.79 bits per heavy atom. The van der Waals surface area contributed by atoms with Crippen molar-refractivity contribution in [2.45, 2.75) is 58.9 Å². The van der Waals surface area contributed by atoms with Gasteiger partial charge >= 0.3 is 6.09 Å². The molecule has 1 aromatic rings. The lowest BCUT2D eigenvalue weighted by Crippen LogP contribution is -2.39. The number of hydrogen-bond donors (Lipinski definition) is 2. The Labute approximate surface area is 144 Å². The minimum Gasteiger partial charge on any atom is -0.465 e. The van der Waals surface area contributed by atoms with Crippen LogP contribution in [0, 0.1) is 5.41 Å². The number of carbonyl (C=O) groups excluding carboxylic acids is 1. The van der Waals surface area contributed by atoms with E-state index in [0.29, 0.717) is 11.7 Å². The fourth-order valence-corrected chi connectivity index (χ4v) is 2.93. The van der Waals surface area contributed by atoms with Crippen molar-refractivity contribution in [1.29, 1.82) is 0 Å². The lowest BCUT2D eigenvalue weighted by molar-refractivity contribution is -0.124. The number of anilines is 2. The zero-order chi connectivity index (χ0) is 17.7. The van der Waals surface area contributed by atoms with Crippen LogP contribution in [0.4, 0.5) is 16.2 Å². The van der Waals surface area contributed by atoms with E-state index in [9.17, 15) is 14.7 Å². The summed E-state index contributed by atoms with van der Waals surface area (Å²) >= 11 is 0. The third-order valence-electron chi connectivity index (χ3n) is 4.53. The van der Waals surface area contributed by atoms with Crippen molar-refractivity contribution in [3.05, 3.63) is 24.3 Å². The van der Waals surface area contributed by atoms with Gasteiger partial charge in [0, 0.05) is 11.5 Å². The Balaban J connectivity index is 2.23. The number of hydrogen-bond acceptors (Lipinski definition) is 3. The summed E-state index contributed by atoms with van der Waals surface area (Å²) in [6.07, 6.45) is 4.76. The van der Waals surface area contributed by atoms with E-state index in [1.165, 1.54) is 19.3 Å². The summed E-state index contributed by atoms with van der Waals surface area (Å²) in [6, 6.07) is 7.71. The maximum absolute atomic E-state index is 12.3. The van der Waals surface area contributed by atoms with Crippen molar-refractivity contribution in [3.63, 3.8) is 0 Å². The minimum absolute atomic E-state index is 0.0997. The number of carboxylic acid groups (broad SMARTS) is 1. The maximum atomic E-state index is 12.3. The molecule has 0 aliphatic heterocycles. The number of nitrogens with one attached hydrogen (secondary N) is 1. The van der Waals surface area contributed by atoms with Gasteiger partial charge in [-0.25, -0.2) is 4.79 Å². The molecule has 0 spiro atoms. The third-order valence-corrected chi connectivity index (χ3v) is 4.53. The van der Waals surface area contributed by atoms with E-state index in [2.05, 4.69) is 5.32 Å². The molecule has 0 unspecified atom stereocenters. The summed E-state index contributed by atoms with van der Waals surface area (Å²) < 4.78 is 0. The van der Waals surface area contributed by atoms with Gasteiger partial charge in [0.2, 0.25) is 0 Å². The van der Waals surface area contributed by atoms with Gasteiger partial charge in [-0.2, -0.15) is 0 Å². The normalized spacial score (nSPS) is 15.8. The highest BCUT2D eigenvalue weighted by Crippen LogP contribution is 2.30. The maximum Gasteiger partial charge on any atom is 0.412 e. The standard InChI is InChI=1S/C19H28N2O3/c1-19(2,3)17(22)13-21(18(23)24)16-12-8-7-11-15(16)20-14-9-5-4-6-10-14/h7-8,11-12,14,20H,4-6,9-10,13H2,1-3H3,(H,23,24). The molecule has 5 nitrogen and oxygen atoms in total. The molecule has 0 atom stereocenters. The molecule has 132 valence electrons. The van der Waals surface area contributed by atoms with E-state index in [4.69, 9.17) is 0 Å². The van der Waals surface area contributed by atoms with Crippen LogP contribution in [0.3, 0.4) is 0 Å². The fraction of sp³-hybridized carbons (Fsp3) is 0.579. The summed E-state index contributed by atoms with van der Waals surface area (Å²) in [4.78, 5) is 25.2. The largest absolute Gasteiger partial charge is 0.465 e. The molecule has 0 heterocycles. The first-order valence-electron chi connectivity index (χ1n) is 8.68. The van der Waals surface area contributed by atoms with Gasteiger partial charge in [0.25, 0.3) is 0 Å². The summed E-state index contributed by atoms with van der Waals surface area (Å²) in [6.45, 7) is 5.28. The molecule has 2 N–H and O–H groups in total. The number of rotatable bonds is 5. The zero-order valence-corrected chi connectivity index (χ0v) is 14.8. The molecule has 1 aliphatic carbocycles. The molecule has 2 rings (SSSR count). The average molecular weight is 332 g/mol. The molecule has 0 aromatic heterocycles. The van der Waals surface area contributed by atoms with Gasteiger partial charge in [-0.3, -0.25) is 9.69 Å². The average Bonchev–Trinajstić information content (AvgIpc) is 2.53. The monoisotopic (exact) mass is 332 g/mol. The highest BCUT2D eigenvalue weighted by atomic mass is 16.4. The van der Waals surface area contributed by atoms with Crippen LogP contribution in [0.1, 0.15) is 52.9 Å². The smallest absolute Gasteiger partial charge is 0.412 e. The first-order chi connectivity index (χ1) is 11.3. The molecular weight excluding hydrogens is 304 g/mol. The summed E-state index contributed by atoms with van der Waals surface area (Å²) in [7, 11) is 0. The van der Waals surface area contributed by atoms with Crippen molar-refractivity contribution < 1.29 is 14.7 Å². The van der Waals surface area contributed by atoms with Crippen LogP contribution in [0.15, 0.2) is 24.3 Å². The second kappa shape index (κ2) is 7.69. The predicted molar refractivity (Wildman–Crippen MR) is 96.8 cm³/mol. The quantitative estimate of drug-likeness (QED) is 0.831. The van der Waals surface area contributed by atoms with Crippen molar-refractivity contribution in [1.82, 2.24) is 0 Å². The highest BCUT2D eigenvalue weighted by Gasteiger charge is 2.28. The van der Waals surface area contributed by atoms with Crippen LogP contribution in [0.2, 0.25) is 0 Å². The first kappa shape index (κ1) is 18.3. The SMILES string of the molecule is CC(C)(C)C(=O)CN(C(=O)O)c1ccccc1NC1CCCCC1. The number of carbonyl (C=O) groups is 2. The van der Waals surface area contributed by atoms with Gasteiger partial charge in [-0.15, -0.1) is 0 Å². The zero-order valence-electron chi connectivity index (χ0n) is 14.8. The van der Waals surface area contributed by atoms with Gasteiger partial charge < -0.3 is 10.4 Å². The second-order valence-corrected chi connectivity index (χ2v) is 7.54. The summed E-state index contributed by atoms with van der Waals surface area (Å²) in [5.74, 6) is -0.0997. The van der Waals surface area contributed by atoms with Crippen LogP contribution in [0.25, 0.3) is 0 Å². The molecule has 0 radical (unpaired) electrons. The number of ketones is 1. The molecule has 0 bridgehead atoms. The Bertz CT molecular complexity index is 587. The summed E-state index contributed by atoms with van der Waals surface area (Å²) in [5, 5.41) is 13.1. The van der Waals surface area contributed by atoms with Crippen molar-refractivity contribution in [2.24, 2.45) is 5.41 Å². The number of nitrogens with zero attached hydrogens (tertiary/aromatic N) is 1. The van der Waals surface area contributed by atoms with Gasteiger partial charge in [0.05, 0.1) is 17.9 Å². The van der Waals surface area contributed by atoms with Crippen LogP contribution in [-0.2, 0) is 4.79 Å². The molecule has 1 aliphatic rings. The van der Waals surface area contributed by atoms with Crippen molar-refractivity contribution in [2.75, 3.05) is 16.8 Å². The fourth-order valence-electron chi connectivity index (χ4n) is 2.93. The number of Topliss-reactive ketones (excluding diaryl/α,β-unsaturated/α-hetero) is 1. The van der Waals surface area contributed by atoms with Crippen molar-refractivity contribution in [3.8, 4) is 0 Å². The Morgan fingerprint density at radius 3 is 2.38 bits per heavy atom. The molecule has 1 saturated carbocycles. The van der Waals surface area contributed by atoms with Gasteiger partial charge in [-0.05, 0) is 25.0 Å². The van der Waals surface area contributed by atoms with Gasteiger partial charge in [0.15, 0.2) is 5.78 Å². The van der Waals surface area contributed by atoms with Gasteiger partial charge in [-0.1, -0.05) is 52.2 Å². The summed E-state index contributed by atoms with van der Waals surface area (Å²) in [5.41, 5.74) is 0.765. The van der Waals surface area contributed by atoms with E-state index in [1.807, 2.05) is 32.9 Å². The Kier molecular flexibility index (Phi) is 5.86. The first-order valence-corrected chi connectivity index (χ1v) is 8.68. The number of amides is 1. The van der Waals surface area contributed by atoms with E-state index in [1.54, 1.807) is 12.1 Å². The Hall–Kier alpha value is -2.04. The van der Waals surface area contributed by atoms with Gasteiger partial charge in [0.1, 0.15) is 0 Å². The van der Waals surface area contributed by atoms with Crippen LogP contribution >= 0.6 is 0 Å². The molecule has 5 heteroatoms. The van der Waals surface area contributed by atoms with Crippen LogP contribution in [-0.4, -0.2) is 29.6 Å². The minimum atomic E-state index is -1.11. The van der Waals surface area contributed by atoms with Crippen LogP contribution in [0.5, 0.6) is 0 Å². The van der Waals surface area contributed by atoms with E-state index in [0.717, 1.165) is 23.4 Å². The highest BCUT2D eigenvalue weighted by molar-refractivity contribution is 5.99. The Morgan fingerprint density at radius 1 is 1.17 bits per heavy atom. The topological polar surface area (TPSA) is 69.6 Å². The van der Waals surface area contributed by atoms with Crippen molar-refractivity contribution >= 4 is 23.3 Å². The number of benzene rings is 1. The molecule has 1 amide bonds. The molecule has 24 heavy (non-hydrogen) atoms. The second-order valence-electron chi connectivity index (χ2n) is 7.54. The van der Waals surface area contributed by atoms with E-state index in [-0.39, 0.29) is 12.3 Å². The predicted octanol–water partition coefficient (Wildman–Crippen LogP) is 4.53. The molecule has 1 fully saturated rings. The van der Waals surface area contributed by atoms with E-state index >= 15 is 0 Å². The molecular formula is C19H28N2O3. The number of para-hydroxylation sites is 2. The van der Waals surface area contributed by atoms with E-state index < -0.39 is 11.5 Å². The molecule has 1 aromatic carbocycles. The third kappa shape index (κ3) is 4.73. The molecule has 0 saturated heterocycles. The lowest BCUT2D eigenvalue weighted by atomic mass is 9.90. The lowest BCUT2D eigenvalue weighted by Gasteiger charge is -2.29. The van der Waals surface area contributed by atoms with Crippen LogP contribution < -0.4 is 10.2 Å².